The molecule has 5 rings (SSSR count). The molecule has 0 radical (unpaired) electrons. The summed E-state index contributed by atoms with van der Waals surface area (Å²) in [7, 11) is 0. The van der Waals surface area contributed by atoms with Gasteiger partial charge >= 0.3 is 0 Å². The van der Waals surface area contributed by atoms with Crippen LogP contribution in [0.15, 0.2) is 81.9 Å². The van der Waals surface area contributed by atoms with Crippen LogP contribution < -0.4 is 16.9 Å². The third kappa shape index (κ3) is 1.96. The third-order valence-corrected chi connectivity index (χ3v) is 5.26. The predicted molar refractivity (Wildman–Crippen MR) is 108 cm³/mol. The summed E-state index contributed by atoms with van der Waals surface area (Å²) in [5, 5.41) is 12.3. The molecule has 134 valence electrons. The molecule has 3 aromatic carbocycles. The number of aromatic nitrogens is 2. The van der Waals surface area contributed by atoms with Gasteiger partial charge in [0, 0.05) is 0 Å². The SMILES string of the molecule is N#CC1=C(N)n2c(=O)c3ccccc3c(=O)n2C1c1cccc2ccccc12. The van der Waals surface area contributed by atoms with Gasteiger partial charge in [0.15, 0.2) is 0 Å². The van der Waals surface area contributed by atoms with Crippen LogP contribution in [0.3, 0.4) is 0 Å². The average Bonchev–Trinajstić information content (AvgIpc) is 3.04. The minimum absolute atomic E-state index is 0.00622. The Hall–Kier alpha value is -4.11. The van der Waals surface area contributed by atoms with Gasteiger partial charge in [0.05, 0.1) is 10.8 Å². The van der Waals surface area contributed by atoms with Crippen LogP contribution in [0.25, 0.3) is 27.4 Å². The van der Waals surface area contributed by atoms with Crippen LogP contribution in [0.4, 0.5) is 0 Å². The second-order valence-corrected chi connectivity index (χ2v) is 6.69. The van der Waals surface area contributed by atoms with E-state index in [9.17, 15) is 14.9 Å². The summed E-state index contributed by atoms with van der Waals surface area (Å²) >= 11 is 0. The molecule has 6 heteroatoms. The number of allylic oxidation sites excluding steroid dienone is 1. The first-order valence-corrected chi connectivity index (χ1v) is 8.78. The molecule has 1 aliphatic rings. The fourth-order valence-electron chi connectivity index (χ4n) is 4.01. The number of nitriles is 1. The van der Waals surface area contributed by atoms with Gasteiger partial charge in [-0.05, 0) is 28.5 Å². The van der Waals surface area contributed by atoms with E-state index in [1.54, 1.807) is 24.3 Å². The first-order chi connectivity index (χ1) is 13.6. The fourth-order valence-corrected chi connectivity index (χ4v) is 4.01. The lowest BCUT2D eigenvalue weighted by atomic mass is 9.94. The Morgan fingerprint density at radius 3 is 2.14 bits per heavy atom. The first kappa shape index (κ1) is 16.1. The molecular weight excluding hydrogens is 352 g/mol. The number of rotatable bonds is 1. The van der Waals surface area contributed by atoms with E-state index in [0.717, 1.165) is 21.0 Å². The van der Waals surface area contributed by atoms with Crippen molar-refractivity contribution < 1.29 is 0 Å². The molecule has 0 fully saturated rings. The number of nitrogens with two attached hydrogens (primary N) is 1. The van der Waals surface area contributed by atoms with Gasteiger partial charge in [-0.3, -0.25) is 9.59 Å². The van der Waals surface area contributed by atoms with E-state index < -0.39 is 11.6 Å². The van der Waals surface area contributed by atoms with Crippen molar-refractivity contribution in [2.45, 2.75) is 6.04 Å². The zero-order valence-corrected chi connectivity index (χ0v) is 14.7. The van der Waals surface area contributed by atoms with Crippen LogP contribution in [-0.4, -0.2) is 9.36 Å². The monoisotopic (exact) mass is 366 g/mol. The van der Waals surface area contributed by atoms with Crippen molar-refractivity contribution >= 4 is 27.4 Å². The smallest absolute Gasteiger partial charge is 0.279 e. The van der Waals surface area contributed by atoms with Crippen molar-refractivity contribution in [2.75, 3.05) is 0 Å². The molecule has 28 heavy (non-hydrogen) atoms. The van der Waals surface area contributed by atoms with Gasteiger partial charge in [0.2, 0.25) is 0 Å². The standard InChI is InChI=1S/C22H14N4O2/c23-12-18-19(15-11-5-7-13-6-1-2-8-14(13)15)25-21(27)16-9-3-4-10-17(16)22(28)26(25)20(18)24/h1-11,19H,24H2. The minimum atomic E-state index is -0.763. The maximum Gasteiger partial charge on any atom is 0.279 e. The topological polar surface area (TPSA) is 93.8 Å². The van der Waals surface area contributed by atoms with Crippen LogP contribution in [0.1, 0.15) is 11.6 Å². The Morgan fingerprint density at radius 2 is 1.43 bits per heavy atom. The van der Waals surface area contributed by atoms with Crippen LogP contribution in [0.2, 0.25) is 0 Å². The van der Waals surface area contributed by atoms with E-state index >= 15 is 0 Å². The Balaban J connectivity index is 1.96. The van der Waals surface area contributed by atoms with Crippen molar-refractivity contribution in [3.05, 3.63) is 98.6 Å². The third-order valence-electron chi connectivity index (χ3n) is 5.26. The van der Waals surface area contributed by atoms with Gasteiger partial charge < -0.3 is 5.73 Å². The number of hydrogen-bond acceptors (Lipinski definition) is 4. The molecule has 0 saturated carbocycles. The maximum atomic E-state index is 13.3. The van der Waals surface area contributed by atoms with E-state index in [0.29, 0.717) is 5.39 Å². The molecule has 2 heterocycles. The molecular formula is C22H14N4O2. The van der Waals surface area contributed by atoms with Crippen molar-refractivity contribution in [1.82, 2.24) is 9.36 Å². The van der Waals surface area contributed by atoms with Crippen LogP contribution in [-0.2, 0) is 0 Å². The van der Waals surface area contributed by atoms with Crippen molar-refractivity contribution in [1.29, 1.82) is 5.26 Å². The fraction of sp³-hybridized carbons (Fsp3) is 0.0455. The molecule has 0 bridgehead atoms. The summed E-state index contributed by atoms with van der Waals surface area (Å²) in [5.74, 6) is -0.00622. The molecule has 2 N–H and O–H groups in total. The first-order valence-electron chi connectivity index (χ1n) is 8.78. The van der Waals surface area contributed by atoms with Gasteiger partial charge in [-0.25, -0.2) is 4.68 Å². The van der Waals surface area contributed by atoms with Gasteiger partial charge in [-0.1, -0.05) is 54.6 Å². The van der Waals surface area contributed by atoms with Crippen molar-refractivity contribution in [3.8, 4) is 6.07 Å². The van der Waals surface area contributed by atoms with E-state index in [1.165, 1.54) is 4.68 Å². The summed E-state index contributed by atoms with van der Waals surface area (Å²) in [6, 6.07) is 21.4. The predicted octanol–water partition coefficient (Wildman–Crippen LogP) is 2.57. The second-order valence-electron chi connectivity index (χ2n) is 6.69. The van der Waals surface area contributed by atoms with Crippen LogP contribution in [0, 0.1) is 11.3 Å². The largest absolute Gasteiger partial charge is 0.383 e. The van der Waals surface area contributed by atoms with Crippen molar-refractivity contribution in [3.63, 3.8) is 0 Å². The molecule has 0 spiro atoms. The van der Waals surface area contributed by atoms with E-state index in [4.69, 9.17) is 5.73 Å². The minimum Gasteiger partial charge on any atom is -0.383 e. The van der Waals surface area contributed by atoms with Crippen LogP contribution >= 0.6 is 0 Å². The summed E-state index contributed by atoms with van der Waals surface area (Å²) in [6.07, 6.45) is 0. The molecule has 1 unspecified atom stereocenters. The number of hydrogen-bond donors (Lipinski definition) is 1. The maximum absolute atomic E-state index is 13.3. The molecule has 0 saturated heterocycles. The molecule has 0 aliphatic carbocycles. The summed E-state index contributed by atoms with van der Waals surface area (Å²) in [6.45, 7) is 0. The molecule has 1 atom stereocenters. The van der Waals surface area contributed by atoms with Crippen LogP contribution in [0.5, 0.6) is 0 Å². The zero-order valence-electron chi connectivity index (χ0n) is 14.7. The highest BCUT2D eigenvalue weighted by molar-refractivity contribution is 5.88. The number of benzene rings is 3. The van der Waals surface area contributed by atoms with E-state index in [2.05, 4.69) is 6.07 Å². The Kier molecular flexibility index (Phi) is 3.27. The molecule has 0 amide bonds. The highest BCUT2D eigenvalue weighted by atomic mass is 16.2. The summed E-state index contributed by atoms with van der Waals surface area (Å²) in [4.78, 5) is 26.4. The second kappa shape index (κ2) is 5.69. The number of nitrogens with zero attached hydrogens (tertiary/aromatic N) is 3. The van der Waals surface area contributed by atoms with E-state index in [-0.39, 0.29) is 22.3 Å². The molecule has 1 aromatic heterocycles. The zero-order chi connectivity index (χ0) is 19.4. The Bertz CT molecular complexity index is 1480. The average molecular weight is 366 g/mol. The lowest BCUT2D eigenvalue weighted by Gasteiger charge is -2.18. The quantitative estimate of drug-likeness (QED) is 0.560. The Morgan fingerprint density at radius 1 is 0.821 bits per heavy atom. The highest BCUT2D eigenvalue weighted by Crippen LogP contribution is 2.36. The highest BCUT2D eigenvalue weighted by Gasteiger charge is 2.35. The van der Waals surface area contributed by atoms with Gasteiger partial charge in [0.25, 0.3) is 11.1 Å². The normalized spacial score (nSPS) is 15.8. The van der Waals surface area contributed by atoms with Gasteiger partial charge in [0.1, 0.15) is 23.5 Å². The molecule has 1 aliphatic heterocycles. The van der Waals surface area contributed by atoms with Crippen molar-refractivity contribution in [2.24, 2.45) is 5.73 Å². The lowest BCUT2D eigenvalue weighted by molar-refractivity contribution is 0.541. The summed E-state index contributed by atoms with van der Waals surface area (Å²) < 4.78 is 2.44. The Labute approximate surface area is 158 Å². The van der Waals surface area contributed by atoms with Gasteiger partial charge in [-0.2, -0.15) is 9.94 Å². The molecule has 6 nitrogen and oxygen atoms in total. The molecule has 4 aromatic rings. The summed E-state index contributed by atoms with van der Waals surface area (Å²) in [5.41, 5.74) is 6.36. The lowest BCUT2D eigenvalue weighted by Crippen LogP contribution is -2.38. The van der Waals surface area contributed by atoms with E-state index in [1.807, 2.05) is 42.5 Å². The number of fused-ring (bicyclic) bond motifs is 3. The van der Waals surface area contributed by atoms with Gasteiger partial charge in [-0.15, -0.1) is 0 Å².